The van der Waals surface area contributed by atoms with Crippen LogP contribution in [0.5, 0.6) is 0 Å². The van der Waals surface area contributed by atoms with E-state index in [9.17, 15) is 4.79 Å². The highest BCUT2D eigenvalue weighted by molar-refractivity contribution is 7.15. The first-order chi connectivity index (χ1) is 17.1. The van der Waals surface area contributed by atoms with Crippen LogP contribution < -0.4 is 0 Å². The molecule has 1 aliphatic rings. The molecule has 36 heavy (non-hydrogen) atoms. The number of ether oxygens (including phenoxy) is 1. The quantitative estimate of drug-likeness (QED) is 0.330. The molecule has 0 aliphatic carbocycles. The first-order valence-corrected chi connectivity index (χ1v) is 13.1. The van der Waals surface area contributed by atoms with E-state index in [0.29, 0.717) is 5.82 Å². The van der Waals surface area contributed by atoms with Gasteiger partial charge in [-0.3, -0.25) is 14.4 Å². The van der Waals surface area contributed by atoms with Crippen LogP contribution in [0.4, 0.5) is 0 Å². The summed E-state index contributed by atoms with van der Waals surface area (Å²) in [6.45, 7) is 11.9. The summed E-state index contributed by atoms with van der Waals surface area (Å²) in [6, 6.07) is 7.77. The Balaban J connectivity index is 1.80. The second kappa shape index (κ2) is 10.5. The number of thiophene rings is 1. The van der Waals surface area contributed by atoms with Gasteiger partial charge in [-0.15, -0.1) is 21.5 Å². The van der Waals surface area contributed by atoms with Crippen LogP contribution in [-0.2, 0) is 9.53 Å². The first-order valence-electron chi connectivity index (χ1n) is 12.3. The van der Waals surface area contributed by atoms with E-state index in [1.807, 2.05) is 32.3 Å². The van der Waals surface area contributed by atoms with E-state index in [1.54, 1.807) is 11.3 Å². The van der Waals surface area contributed by atoms with E-state index >= 15 is 0 Å². The number of hydrogen-bond acceptors (Lipinski definition) is 7. The van der Waals surface area contributed by atoms with Crippen molar-refractivity contribution in [3.05, 3.63) is 69.1 Å². The molecule has 0 radical (unpaired) electrons. The number of benzene rings is 1. The number of hydrogen-bond donors (Lipinski definition) is 1. The van der Waals surface area contributed by atoms with Crippen LogP contribution in [0.1, 0.15) is 84.9 Å². The van der Waals surface area contributed by atoms with Gasteiger partial charge in [0.25, 0.3) is 0 Å². The number of nitrogens with zero attached hydrogens (tertiary/aromatic N) is 4. The number of carbonyl (C=O) groups excluding carboxylic acids is 1. The van der Waals surface area contributed by atoms with Gasteiger partial charge in [0, 0.05) is 22.6 Å². The molecular formula is C28H34N4O3S. The predicted octanol–water partition coefficient (Wildman–Crippen LogP) is 5.66. The third kappa shape index (κ3) is 5.50. The van der Waals surface area contributed by atoms with Gasteiger partial charge in [0.1, 0.15) is 22.5 Å². The third-order valence-corrected chi connectivity index (χ3v) is 7.24. The fraction of sp³-hybridized carbons (Fsp3) is 0.429. The van der Waals surface area contributed by atoms with Crippen molar-refractivity contribution in [3.63, 3.8) is 0 Å². The Hall–Kier alpha value is -3.10. The number of unbranched alkanes of at least 4 members (excludes halogenated alkanes) is 1. The van der Waals surface area contributed by atoms with E-state index < -0.39 is 11.6 Å². The highest BCUT2D eigenvalue weighted by Gasteiger charge is 2.33. The monoisotopic (exact) mass is 506 g/mol. The zero-order chi connectivity index (χ0) is 26.0. The van der Waals surface area contributed by atoms with Crippen LogP contribution in [0.15, 0.2) is 35.3 Å². The molecule has 3 heterocycles. The number of esters is 1. The molecule has 0 spiro atoms. The van der Waals surface area contributed by atoms with Crippen molar-refractivity contribution in [1.82, 2.24) is 14.8 Å². The molecule has 0 amide bonds. The van der Waals surface area contributed by atoms with Gasteiger partial charge in [0.15, 0.2) is 5.82 Å². The number of rotatable bonds is 7. The molecule has 7 nitrogen and oxygen atoms in total. The normalized spacial score (nSPS) is 15.4. The third-order valence-electron chi connectivity index (χ3n) is 6.04. The summed E-state index contributed by atoms with van der Waals surface area (Å²) in [4.78, 5) is 19.2. The Morgan fingerprint density at radius 2 is 1.89 bits per heavy atom. The van der Waals surface area contributed by atoms with Crippen LogP contribution in [0, 0.1) is 20.8 Å². The van der Waals surface area contributed by atoms with E-state index in [4.69, 9.17) is 14.8 Å². The van der Waals surface area contributed by atoms with Crippen molar-refractivity contribution >= 4 is 29.1 Å². The molecule has 8 heteroatoms. The van der Waals surface area contributed by atoms with Crippen LogP contribution in [0.3, 0.4) is 0 Å². The standard InChI is InChI=1S/C28H34N4O3S/c1-17-18(2)36-27-24(17)25(21-13-11-20(12-14-21)10-8-7-9-15-33)29-22(16-23(34)35-28(4,5)6)26-31-30-19(3)32(26)27/h8,10-14,22,33H,7,9,15-16H2,1-6H3/b10-8+. The molecule has 3 aromatic rings. The lowest BCUT2D eigenvalue weighted by molar-refractivity contribution is -0.155. The Kier molecular flexibility index (Phi) is 7.57. The van der Waals surface area contributed by atoms with Crippen molar-refractivity contribution in [2.75, 3.05) is 6.61 Å². The zero-order valence-corrected chi connectivity index (χ0v) is 22.6. The Labute approximate surface area is 216 Å². The summed E-state index contributed by atoms with van der Waals surface area (Å²) in [7, 11) is 0. The number of aromatic nitrogens is 3. The zero-order valence-electron chi connectivity index (χ0n) is 21.8. The lowest BCUT2D eigenvalue weighted by atomic mass is 9.98. The Morgan fingerprint density at radius 1 is 1.17 bits per heavy atom. The second-order valence-electron chi connectivity index (χ2n) is 10.1. The fourth-order valence-electron chi connectivity index (χ4n) is 4.25. The van der Waals surface area contributed by atoms with Crippen LogP contribution in [-0.4, -0.2) is 43.8 Å². The van der Waals surface area contributed by atoms with E-state index in [2.05, 4.69) is 60.5 Å². The Bertz CT molecular complexity index is 1310. The van der Waals surface area contributed by atoms with E-state index in [0.717, 1.165) is 46.1 Å². The first kappa shape index (κ1) is 26.0. The Morgan fingerprint density at radius 3 is 2.56 bits per heavy atom. The minimum absolute atomic E-state index is 0.0809. The molecule has 2 aromatic heterocycles. The molecule has 0 bridgehead atoms. The van der Waals surface area contributed by atoms with Crippen molar-refractivity contribution in [2.24, 2.45) is 4.99 Å². The summed E-state index contributed by atoms with van der Waals surface area (Å²) in [6.07, 6.45) is 5.82. The number of aliphatic hydroxyl groups is 1. The van der Waals surface area contributed by atoms with Gasteiger partial charge in [-0.1, -0.05) is 36.4 Å². The molecule has 0 saturated heterocycles. The summed E-state index contributed by atoms with van der Waals surface area (Å²) in [5, 5.41) is 18.8. The maximum atomic E-state index is 12.9. The number of carbonyl (C=O) groups is 1. The number of aryl methyl sites for hydroxylation is 2. The van der Waals surface area contributed by atoms with Crippen LogP contribution in [0.2, 0.25) is 0 Å². The van der Waals surface area contributed by atoms with Gasteiger partial charge < -0.3 is 9.84 Å². The van der Waals surface area contributed by atoms with Crippen molar-refractivity contribution < 1.29 is 14.6 Å². The van der Waals surface area contributed by atoms with Crippen LogP contribution >= 0.6 is 11.3 Å². The molecule has 1 atom stereocenters. The fourth-order valence-corrected chi connectivity index (χ4v) is 5.46. The molecule has 0 saturated carbocycles. The number of aliphatic imine (C=N–C) groups is 1. The number of aliphatic hydroxyl groups excluding tert-OH is 1. The maximum Gasteiger partial charge on any atom is 0.308 e. The lowest BCUT2D eigenvalue weighted by Gasteiger charge is -2.21. The van der Waals surface area contributed by atoms with Gasteiger partial charge in [0.05, 0.1) is 12.1 Å². The molecule has 1 aliphatic heterocycles. The highest BCUT2D eigenvalue weighted by Crippen LogP contribution is 2.39. The van der Waals surface area contributed by atoms with Gasteiger partial charge in [-0.25, -0.2) is 0 Å². The number of fused-ring (bicyclic) bond motifs is 3. The average Bonchev–Trinajstić information content (AvgIpc) is 3.28. The number of allylic oxidation sites excluding steroid dienone is 1. The van der Waals surface area contributed by atoms with Gasteiger partial charge >= 0.3 is 5.97 Å². The molecule has 4 rings (SSSR count). The van der Waals surface area contributed by atoms with E-state index in [1.165, 1.54) is 10.4 Å². The highest BCUT2D eigenvalue weighted by atomic mass is 32.1. The minimum Gasteiger partial charge on any atom is -0.460 e. The molecular weight excluding hydrogens is 472 g/mol. The summed E-state index contributed by atoms with van der Waals surface area (Å²) in [5.41, 5.74) is 4.56. The van der Waals surface area contributed by atoms with Gasteiger partial charge in [-0.05, 0) is 65.5 Å². The van der Waals surface area contributed by atoms with Gasteiger partial charge in [-0.2, -0.15) is 0 Å². The van der Waals surface area contributed by atoms with Gasteiger partial charge in [0.2, 0.25) is 0 Å². The summed E-state index contributed by atoms with van der Waals surface area (Å²) in [5.74, 6) is 1.10. The maximum absolute atomic E-state index is 12.9. The molecule has 1 N–H and O–H groups in total. The topological polar surface area (TPSA) is 89.6 Å². The minimum atomic E-state index is -0.579. The average molecular weight is 507 g/mol. The van der Waals surface area contributed by atoms with E-state index in [-0.39, 0.29) is 19.0 Å². The van der Waals surface area contributed by atoms with Crippen molar-refractivity contribution in [1.29, 1.82) is 0 Å². The SMILES string of the molecule is Cc1sc2c(c1C)C(c1ccc(/C=C/CCCO)cc1)=NC(CC(=O)OC(C)(C)C)c1nnc(C)n1-2. The van der Waals surface area contributed by atoms with Crippen LogP contribution in [0.25, 0.3) is 11.1 Å². The van der Waals surface area contributed by atoms with Crippen molar-refractivity contribution in [3.8, 4) is 5.00 Å². The molecule has 1 aromatic carbocycles. The summed E-state index contributed by atoms with van der Waals surface area (Å²) < 4.78 is 7.68. The molecule has 1 unspecified atom stereocenters. The molecule has 190 valence electrons. The largest absolute Gasteiger partial charge is 0.460 e. The predicted molar refractivity (Wildman–Crippen MR) is 144 cm³/mol. The summed E-state index contributed by atoms with van der Waals surface area (Å²) >= 11 is 1.69. The second-order valence-corrected chi connectivity index (χ2v) is 11.3. The molecule has 0 fully saturated rings. The van der Waals surface area contributed by atoms with Crippen molar-refractivity contribution in [2.45, 2.75) is 72.4 Å². The lowest BCUT2D eigenvalue weighted by Crippen LogP contribution is -2.25. The smallest absolute Gasteiger partial charge is 0.308 e.